The summed E-state index contributed by atoms with van der Waals surface area (Å²) < 4.78 is 0. The van der Waals surface area contributed by atoms with Gasteiger partial charge >= 0.3 is 7.12 Å². The van der Waals surface area contributed by atoms with Gasteiger partial charge in [0.25, 0.3) is 0 Å². The predicted octanol–water partition coefficient (Wildman–Crippen LogP) is -1.56. The number of aldehydes is 1. The molecule has 14 heavy (non-hydrogen) atoms. The van der Waals surface area contributed by atoms with Gasteiger partial charge in [-0.3, -0.25) is 0 Å². The highest BCUT2D eigenvalue weighted by Gasteiger charge is 2.10. The summed E-state index contributed by atoms with van der Waals surface area (Å²) in [5.41, 5.74) is 6.76. The van der Waals surface area contributed by atoms with Crippen LogP contribution >= 0.6 is 0 Å². The van der Waals surface area contributed by atoms with Gasteiger partial charge in [0.1, 0.15) is 6.29 Å². The second-order valence-electron chi connectivity index (χ2n) is 3.12. The highest BCUT2D eigenvalue weighted by atomic mass is 16.4. The van der Waals surface area contributed by atoms with E-state index in [-0.39, 0.29) is 0 Å². The monoisotopic (exact) mass is 193 g/mol. The Bertz CT molecular complexity index is 299. The molecule has 0 saturated carbocycles. The van der Waals surface area contributed by atoms with Crippen LogP contribution in [0.2, 0.25) is 0 Å². The maximum atomic E-state index is 10.3. The van der Waals surface area contributed by atoms with Crippen molar-refractivity contribution in [2.24, 2.45) is 5.73 Å². The Morgan fingerprint density at radius 2 is 1.93 bits per heavy atom. The lowest BCUT2D eigenvalue weighted by molar-refractivity contribution is -0.108. The van der Waals surface area contributed by atoms with E-state index in [0.29, 0.717) is 18.2 Å². The minimum absolute atomic E-state index is 0.424. The maximum absolute atomic E-state index is 10.3. The van der Waals surface area contributed by atoms with Crippen LogP contribution in [0.3, 0.4) is 0 Å². The molecule has 0 spiro atoms. The Hall–Kier alpha value is -1.17. The molecule has 0 aliphatic heterocycles. The topological polar surface area (TPSA) is 83.6 Å². The smallest absolute Gasteiger partial charge is 0.423 e. The zero-order chi connectivity index (χ0) is 10.6. The van der Waals surface area contributed by atoms with Crippen molar-refractivity contribution in [2.45, 2.75) is 12.5 Å². The van der Waals surface area contributed by atoms with Crippen molar-refractivity contribution in [1.29, 1.82) is 0 Å². The van der Waals surface area contributed by atoms with Gasteiger partial charge in [-0.1, -0.05) is 24.3 Å². The van der Waals surface area contributed by atoms with Crippen molar-refractivity contribution in [3.05, 3.63) is 29.8 Å². The van der Waals surface area contributed by atoms with Gasteiger partial charge in [0.15, 0.2) is 0 Å². The van der Waals surface area contributed by atoms with Crippen molar-refractivity contribution >= 4 is 18.9 Å². The van der Waals surface area contributed by atoms with Crippen molar-refractivity contribution in [1.82, 2.24) is 0 Å². The molecular weight excluding hydrogens is 181 g/mol. The van der Waals surface area contributed by atoms with E-state index in [1.165, 1.54) is 0 Å². The molecule has 0 radical (unpaired) electrons. The summed E-state index contributed by atoms with van der Waals surface area (Å²) in [4.78, 5) is 10.3. The fourth-order valence-corrected chi connectivity index (χ4v) is 1.15. The molecule has 0 amide bonds. The Morgan fingerprint density at radius 3 is 2.36 bits per heavy atom. The van der Waals surface area contributed by atoms with Crippen LogP contribution in [-0.4, -0.2) is 29.5 Å². The maximum Gasteiger partial charge on any atom is 0.488 e. The molecule has 1 aromatic rings. The van der Waals surface area contributed by atoms with E-state index >= 15 is 0 Å². The Kier molecular flexibility index (Phi) is 3.82. The molecule has 1 atom stereocenters. The quantitative estimate of drug-likeness (QED) is 0.398. The first-order chi connectivity index (χ1) is 6.63. The van der Waals surface area contributed by atoms with E-state index in [1.807, 2.05) is 0 Å². The van der Waals surface area contributed by atoms with Crippen LogP contribution in [0.5, 0.6) is 0 Å². The molecule has 1 rings (SSSR count). The summed E-state index contributed by atoms with van der Waals surface area (Å²) in [7, 11) is -1.45. The summed E-state index contributed by atoms with van der Waals surface area (Å²) in [6.45, 7) is 0. The highest BCUT2D eigenvalue weighted by Crippen LogP contribution is 1.99. The normalized spacial score (nSPS) is 12.2. The average Bonchev–Trinajstić information content (AvgIpc) is 2.18. The van der Waals surface area contributed by atoms with Crippen LogP contribution < -0.4 is 11.2 Å². The Balaban J connectivity index is 2.68. The molecule has 0 unspecified atom stereocenters. The molecule has 5 heteroatoms. The van der Waals surface area contributed by atoms with E-state index in [0.717, 1.165) is 5.56 Å². The molecular formula is C9H12BNO3. The second kappa shape index (κ2) is 4.90. The molecule has 0 bridgehead atoms. The van der Waals surface area contributed by atoms with Crippen molar-refractivity contribution < 1.29 is 14.8 Å². The third-order valence-corrected chi connectivity index (χ3v) is 1.92. The fourth-order valence-electron chi connectivity index (χ4n) is 1.15. The third kappa shape index (κ3) is 2.95. The van der Waals surface area contributed by atoms with Crippen LogP contribution in [0.1, 0.15) is 5.56 Å². The summed E-state index contributed by atoms with van der Waals surface area (Å²) in [6, 6.07) is 6.13. The zero-order valence-corrected chi connectivity index (χ0v) is 7.63. The van der Waals surface area contributed by atoms with Gasteiger partial charge in [0.05, 0.1) is 6.04 Å². The van der Waals surface area contributed by atoms with Gasteiger partial charge in [-0.05, 0) is 17.4 Å². The van der Waals surface area contributed by atoms with E-state index in [2.05, 4.69) is 0 Å². The average molecular weight is 193 g/mol. The largest absolute Gasteiger partial charge is 0.488 e. The predicted molar refractivity (Wildman–Crippen MR) is 54.0 cm³/mol. The Labute approximate surface area is 82.5 Å². The molecule has 0 saturated heterocycles. The summed E-state index contributed by atoms with van der Waals surface area (Å²) in [5, 5.41) is 17.6. The number of rotatable bonds is 4. The number of hydrogen-bond acceptors (Lipinski definition) is 4. The van der Waals surface area contributed by atoms with Crippen LogP contribution in [-0.2, 0) is 11.2 Å². The molecule has 74 valence electrons. The third-order valence-electron chi connectivity index (χ3n) is 1.92. The molecule has 0 heterocycles. The first kappa shape index (κ1) is 10.9. The van der Waals surface area contributed by atoms with Crippen molar-refractivity contribution in [3.63, 3.8) is 0 Å². The van der Waals surface area contributed by atoms with Gasteiger partial charge in [0, 0.05) is 0 Å². The van der Waals surface area contributed by atoms with Crippen LogP contribution in [0.15, 0.2) is 24.3 Å². The highest BCUT2D eigenvalue weighted by molar-refractivity contribution is 6.58. The van der Waals surface area contributed by atoms with Gasteiger partial charge in [-0.2, -0.15) is 0 Å². The molecule has 0 aliphatic rings. The molecule has 0 aromatic heterocycles. The Morgan fingerprint density at radius 1 is 1.36 bits per heavy atom. The lowest BCUT2D eigenvalue weighted by Gasteiger charge is -2.05. The minimum Gasteiger partial charge on any atom is -0.423 e. The van der Waals surface area contributed by atoms with Gasteiger partial charge in [-0.25, -0.2) is 0 Å². The van der Waals surface area contributed by atoms with E-state index < -0.39 is 13.2 Å². The van der Waals surface area contributed by atoms with Crippen LogP contribution in [0, 0.1) is 0 Å². The van der Waals surface area contributed by atoms with Gasteiger partial charge < -0.3 is 20.6 Å². The SMILES string of the molecule is N[C@H](C=O)Cc1ccc(B(O)O)cc1. The lowest BCUT2D eigenvalue weighted by Crippen LogP contribution is -2.30. The van der Waals surface area contributed by atoms with E-state index in [9.17, 15) is 4.79 Å². The number of carbonyl (C=O) groups is 1. The first-order valence-corrected chi connectivity index (χ1v) is 4.29. The van der Waals surface area contributed by atoms with E-state index in [1.54, 1.807) is 24.3 Å². The standard InChI is InChI=1S/C9H12BNO3/c11-9(6-12)5-7-1-3-8(4-2-7)10(13)14/h1-4,6,9,13-14H,5,11H2/t9-/m0/s1. The van der Waals surface area contributed by atoms with Crippen LogP contribution in [0.25, 0.3) is 0 Å². The fraction of sp³-hybridized carbons (Fsp3) is 0.222. The van der Waals surface area contributed by atoms with Crippen molar-refractivity contribution in [3.8, 4) is 0 Å². The second-order valence-corrected chi connectivity index (χ2v) is 3.12. The van der Waals surface area contributed by atoms with E-state index in [4.69, 9.17) is 15.8 Å². The zero-order valence-electron chi connectivity index (χ0n) is 7.63. The molecule has 1 aromatic carbocycles. The summed E-state index contributed by atoms with van der Waals surface area (Å²) in [5.74, 6) is 0. The number of benzene rings is 1. The molecule has 4 N–H and O–H groups in total. The van der Waals surface area contributed by atoms with Crippen molar-refractivity contribution in [2.75, 3.05) is 0 Å². The molecule has 4 nitrogen and oxygen atoms in total. The first-order valence-electron chi connectivity index (χ1n) is 4.29. The number of nitrogens with two attached hydrogens (primary N) is 1. The molecule has 0 fully saturated rings. The van der Waals surface area contributed by atoms with Gasteiger partial charge in [-0.15, -0.1) is 0 Å². The van der Waals surface area contributed by atoms with Gasteiger partial charge in [0.2, 0.25) is 0 Å². The lowest BCUT2D eigenvalue weighted by atomic mass is 9.80. The number of hydrogen-bond donors (Lipinski definition) is 3. The summed E-state index contributed by atoms with van der Waals surface area (Å²) in [6.07, 6.45) is 1.15. The minimum atomic E-state index is -1.45. The number of carbonyl (C=O) groups excluding carboxylic acids is 1. The summed E-state index contributed by atoms with van der Waals surface area (Å²) >= 11 is 0. The van der Waals surface area contributed by atoms with Crippen LogP contribution in [0.4, 0.5) is 0 Å². The molecule has 0 aliphatic carbocycles.